The lowest BCUT2D eigenvalue weighted by molar-refractivity contribution is -0.119. The molecule has 0 unspecified atom stereocenters. The largest absolute Gasteiger partial charge is 0.376 e. The van der Waals surface area contributed by atoms with Crippen LogP contribution < -0.4 is 10.7 Å². The molecule has 0 aliphatic carbocycles. The van der Waals surface area contributed by atoms with E-state index in [0.29, 0.717) is 5.02 Å². The number of hydrogen-bond donors (Lipinski definition) is 2. The molecule has 0 fully saturated rings. The predicted molar refractivity (Wildman–Crippen MR) is 117 cm³/mol. The van der Waals surface area contributed by atoms with Gasteiger partial charge in [0.1, 0.15) is 0 Å². The van der Waals surface area contributed by atoms with Crippen LogP contribution >= 0.6 is 11.6 Å². The van der Waals surface area contributed by atoms with E-state index in [2.05, 4.69) is 40.1 Å². The standard InChI is InChI=1S/C23H22ClN3O/c1-16-21(24)9-6-10-22(16)25-15-23(28)27-26-17(2)18-11-13-20(14-12-18)19-7-4-3-5-8-19/h3-14,25H,15H2,1-2H3,(H,27,28)/b26-17-. The average Bonchev–Trinajstić information content (AvgIpc) is 2.74. The number of hydrazone groups is 1. The van der Waals surface area contributed by atoms with E-state index in [0.717, 1.165) is 28.1 Å². The van der Waals surface area contributed by atoms with E-state index in [1.165, 1.54) is 5.56 Å². The smallest absolute Gasteiger partial charge is 0.259 e. The lowest BCUT2D eigenvalue weighted by atomic mass is 10.0. The third-order valence-electron chi connectivity index (χ3n) is 4.47. The van der Waals surface area contributed by atoms with Crippen LogP contribution in [0.4, 0.5) is 5.69 Å². The van der Waals surface area contributed by atoms with Crippen LogP contribution in [0, 0.1) is 6.92 Å². The molecule has 1 amide bonds. The first-order valence-corrected chi connectivity index (χ1v) is 9.40. The first-order valence-electron chi connectivity index (χ1n) is 9.02. The Morgan fingerprint density at radius 3 is 2.32 bits per heavy atom. The van der Waals surface area contributed by atoms with Crippen LogP contribution in [0.3, 0.4) is 0 Å². The Labute approximate surface area is 170 Å². The topological polar surface area (TPSA) is 53.5 Å². The fourth-order valence-corrected chi connectivity index (χ4v) is 2.93. The third kappa shape index (κ3) is 4.99. The van der Waals surface area contributed by atoms with Crippen molar-refractivity contribution in [1.29, 1.82) is 0 Å². The van der Waals surface area contributed by atoms with Crippen LogP contribution in [0.25, 0.3) is 11.1 Å². The van der Waals surface area contributed by atoms with E-state index in [-0.39, 0.29) is 12.5 Å². The second-order valence-electron chi connectivity index (χ2n) is 6.44. The lowest BCUT2D eigenvalue weighted by Gasteiger charge is -2.10. The minimum atomic E-state index is -0.223. The summed E-state index contributed by atoms with van der Waals surface area (Å²) in [6.07, 6.45) is 0. The number of nitrogens with one attached hydrogen (secondary N) is 2. The molecule has 0 radical (unpaired) electrons. The second-order valence-corrected chi connectivity index (χ2v) is 6.85. The summed E-state index contributed by atoms with van der Waals surface area (Å²) in [6, 6.07) is 23.8. The zero-order valence-corrected chi connectivity index (χ0v) is 16.6. The average molecular weight is 392 g/mol. The Balaban J connectivity index is 1.57. The van der Waals surface area contributed by atoms with Gasteiger partial charge < -0.3 is 5.32 Å². The Kier molecular flexibility index (Phi) is 6.45. The molecular formula is C23H22ClN3O. The number of hydrogen-bond acceptors (Lipinski definition) is 3. The van der Waals surface area contributed by atoms with Crippen molar-refractivity contribution in [2.75, 3.05) is 11.9 Å². The van der Waals surface area contributed by atoms with Crippen LogP contribution in [-0.2, 0) is 4.79 Å². The highest BCUT2D eigenvalue weighted by Crippen LogP contribution is 2.22. The molecular weight excluding hydrogens is 370 g/mol. The van der Waals surface area contributed by atoms with Gasteiger partial charge in [-0.15, -0.1) is 0 Å². The number of rotatable bonds is 6. The fourth-order valence-electron chi connectivity index (χ4n) is 2.76. The lowest BCUT2D eigenvalue weighted by Crippen LogP contribution is -2.27. The normalized spacial score (nSPS) is 11.2. The molecule has 142 valence electrons. The maximum Gasteiger partial charge on any atom is 0.259 e. The van der Waals surface area contributed by atoms with Crippen LogP contribution in [0.15, 0.2) is 77.9 Å². The van der Waals surface area contributed by atoms with Crippen molar-refractivity contribution >= 4 is 28.9 Å². The van der Waals surface area contributed by atoms with Crippen LogP contribution in [-0.4, -0.2) is 18.2 Å². The minimum Gasteiger partial charge on any atom is -0.376 e. The van der Waals surface area contributed by atoms with Crippen molar-refractivity contribution in [2.24, 2.45) is 5.10 Å². The summed E-state index contributed by atoms with van der Waals surface area (Å²) in [5.41, 5.74) is 8.34. The van der Waals surface area contributed by atoms with Gasteiger partial charge in [0, 0.05) is 10.7 Å². The number of nitrogens with zero attached hydrogens (tertiary/aromatic N) is 1. The summed E-state index contributed by atoms with van der Waals surface area (Å²) in [7, 11) is 0. The van der Waals surface area contributed by atoms with E-state index in [1.54, 1.807) is 0 Å². The maximum absolute atomic E-state index is 12.1. The van der Waals surface area contributed by atoms with E-state index in [1.807, 2.05) is 62.4 Å². The summed E-state index contributed by atoms with van der Waals surface area (Å²) in [6.45, 7) is 3.89. The first-order chi connectivity index (χ1) is 13.5. The third-order valence-corrected chi connectivity index (χ3v) is 4.87. The monoisotopic (exact) mass is 391 g/mol. The molecule has 3 aromatic carbocycles. The molecule has 0 atom stereocenters. The van der Waals surface area contributed by atoms with Gasteiger partial charge in [-0.1, -0.05) is 72.3 Å². The molecule has 0 saturated heterocycles. The summed E-state index contributed by atoms with van der Waals surface area (Å²) >= 11 is 6.09. The van der Waals surface area contributed by atoms with Crippen LogP contribution in [0.2, 0.25) is 5.02 Å². The van der Waals surface area contributed by atoms with E-state index >= 15 is 0 Å². The molecule has 4 nitrogen and oxygen atoms in total. The van der Waals surface area contributed by atoms with Crippen molar-refractivity contribution in [3.63, 3.8) is 0 Å². The van der Waals surface area contributed by atoms with Gasteiger partial charge in [-0.3, -0.25) is 4.79 Å². The minimum absolute atomic E-state index is 0.116. The number of carbonyl (C=O) groups excluding carboxylic acids is 1. The van der Waals surface area contributed by atoms with Gasteiger partial charge in [0.2, 0.25) is 0 Å². The Morgan fingerprint density at radius 1 is 0.929 bits per heavy atom. The molecule has 0 aliphatic rings. The highest BCUT2D eigenvalue weighted by molar-refractivity contribution is 6.31. The quantitative estimate of drug-likeness (QED) is 0.444. The highest BCUT2D eigenvalue weighted by atomic mass is 35.5. The first kappa shape index (κ1) is 19.6. The summed E-state index contributed by atoms with van der Waals surface area (Å²) in [5, 5.41) is 7.94. The molecule has 0 aliphatic heterocycles. The van der Waals surface area contributed by atoms with Crippen molar-refractivity contribution in [1.82, 2.24) is 5.43 Å². The molecule has 0 spiro atoms. The SMILES string of the molecule is C/C(=N/NC(=O)CNc1cccc(Cl)c1C)c1ccc(-c2ccccc2)cc1. The fraction of sp³-hybridized carbons (Fsp3) is 0.130. The van der Waals surface area contributed by atoms with E-state index in [9.17, 15) is 4.79 Å². The number of amides is 1. The van der Waals surface area contributed by atoms with Crippen molar-refractivity contribution in [3.05, 3.63) is 88.9 Å². The number of anilines is 1. The van der Waals surface area contributed by atoms with Crippen LogP contribution in [0.1, 0.15) is 18.1 Å². The molecule has 5 heteroatoms. The Hall–Kier alpha value is -3.11. The molecule has 3 aromatic rings. The van der Waals surface area contributed by atoms with Gasteiger partial charge in [0.15, 0.2) is 0 Å². The number of benzene rings is 3. The second kappa shape index (κ2) is 9.20. The predicted octanol–water partition coefficient (Wildman–Crippen LogP) is 5.27. The van der Waals surface area contributed by atoms with Crippen molar-refractivity contribution in [2.45, 2.75) is 13.8 Å². The molecule has 3 rings (SSSR count). The van der Waals surface area contributed by atoms with Gasteiger partial charge in [-0.25, -0.2) is 5.43 Å². The van der Waals surface area contributed by atoms with Crippen molar-refractivity contribution < 1.29 is 4.79 Å². The summed E-state index contributed by atoms with van der Waals surface area (Å²) < 4.78 is 0. The van der Waals surface area contributed by atoms with Gasteiger partial charge in [0.05, 0.1) is 12.3 Å². The molecule has 0 aromatic heterocycles. The summed E-state index contributed by atoms with van der Waals surface area (Å²) in [5.74, 6) is -0.223. The van der Waals surface area contributed by atoms with E-state index < -0.39 is 0 Å². The molecule has 0 bridgehead atoms. The van der Waals surface area contributed by atoms with Gasteiger partial charge >= 0.3 is 0 Å². The molecule has 0 saturated carbocycles. The summed E-state index contributed by atoms with van der Waals surface area (Å²) in [4.78, 5) is 12.1. The van der Waals surface area contributed by atoms with Gasteiger partial charge in [-0.2, -0.15) is 5.10 Å². The molecule has 0 heterocycles. The maximum atomic E-state index is 12.1. The van der Waals surface area contributed by atoms with E-state index in [4.69, 9.17) is 11.6 Å². The molecule has 2 N–H and O–H groups in total. The van der Waals surface area contributed by atoms with Gasteiger partial charge in [0.25, 0.3) is 5.91 Å². The zero-order valence-electron chi connectivity index (χ0n) is 15.9. The van der Waals surface area contributed by atoms with Gasteiger partial charge in [-0.05, 0) is 48.2 Å². The zero-order chi connectivity index (χ0) is 19.9. The number of carbonyl (C=O) groups is 1. The highest BCUT2D eigenvalue weighted by Gasteiger charge is 2.05. The Morgan fingerprint density at radius 2 is 1.61 bits per heavy atom. The van der Waals surface area contributed by atoms with Crippen molar-refractivity contribution in [3.8, 4) is 11.1 Å². The Bertz CT molecular complexity index is 982. The molecule has 28 heavy (non-hydrogen) atoms. The number of halogens is 1. The van der Waals surface area contributed by atoms with Crippen LogP contribution in [0.5, 0.6) is 0 Å².